The van der Waals surface area contributed by atoms with E-state index >= 15 is 0 Å². The number of rotatable bonds is 5. The fraction of sp³-hybridized carbons (Fsp3) is 0.333. The fourth-order valence-corrected chi connectivity index (χ4v) is 1.90. The van der Waals surface area contributed by atoms with Crippen LogP contribution in [-0.2, 0) is 6.42 Å². The minimum Gasteiger partial charge on any atom is -0.493 e. The van der Waals surface area contributed by atoms with Crippen LogP contribution in [0.3, 0.4) is 0 Å². The number of nitrogens with two attached hydrogens (primary N) is 1. The van der Waals surface area contributed by atoms with Gasteiger partial charge in [0.2, 0.25) is 0 Å². The van der Waals surface area contributed by atoms with E-state index in [9.17, 15) is 0 Å². The summed E-state index contributed by atoms with van der Waals surface area (Å²) in [4.78, 5) is 0. The third-order valence-corrected chi connectivity index (χ3v) is 2.64. The van der Waals surface area contributed by atoms with Gasteiger partial charge in [-0.2, -0.15) is 0 Å². The van der Waals surface area contributed by atoms with Gasteiger partial charge in [0, 0.05) is 12.5 Å². The molecule has 2 aromatic rings. The van der Waals surface area contributed by atoms with E-state index in [-0.39, 0.29) is 6.04 Å². The van der Waals surface area contributed by atoms with Crippen molar-refractivity contribution >= 4 is 0 Å². The number of ether oxygens (including phenoxy) is 1. The highest BCUT2D eigenvalue weighted by atomic mass is 16.5. The van der Waals surface area contributed by atoms with Crippen LogP contribution in [0.4, 0.5) is 0 Å². The van der Waals surface area contributed by atoms with Crippen molar-refractivity contribution in [2.75, 3.05) is 6.61 Å². The zero-order valence-corrected chi connectivity index (χ0v) is 10.8. The summed E-state index contributed by atoms with van der Waals surface area (Å²) in [5.74, 6) is 2.59. The predicted octanol–water partition coefficient (Wildman–Crippen LogP) is 3.24. The van der Waals surface area contributed by atoms with Gasteiger partial charge >= 0.3 is 0 Å². The molecule has 0 aliphatic rings. The van der Waals surface area contributed by atoms with Gasteiger partial charge in [0.25, 0.3) is 0 Å². The predicted molar refractivity (Wildman–Crippen MR) is 72.7 cm³/mol. The molecule has 1 aromatic heterocycles. The second-order valence-corrected chi connectivity index (χ2v) is 4.38. The number of hydrogen-bond acceptors (Lipinski definition) is 3. The normalized spacial score (nSPS) is 12.4. The molecule has 96 valence electrons. The quantitative estimate of drug-likeness (QED) is 0.879. The molecule has 2 N–H and O–H groups in total. The van der Waals surface area contributed by atoms with Crippen LogP contribution in [0.25, 0.3) is 11.3 Å². The molecule has 3 heteroatoms. The lowest BCUT2D eigenvalue weighted by Gasteiger charge is -2.07. The lowest BCUT2D eigenvalue weighted by atomic mass is 10.1. The van der Waals surface area contributed by atoms with Crippen LogP contribution in [0.5, 0.6) is 5.75 Å². The zero-order valence-electron chi connectivity index (χ0n) is 10.8. The Bertz CT molecular complexity index is 503. The maximum absolute atomic E-state index is 5.81. The maximum Gasteiger partial charge on any atom is 0.138 e. The molecule has 1 atom stereocenters. The van der Waals surface area contributed by atoms with Gasteiger partial charge < -0.3 is 14.9 Å². The smallest absolute Gasteiger partial charge is 0.138 e. The third kappa shape index (κ3) is 2.93. The van der Waals surface area contributed by atoms with Gasteiger partial charge in [0.05, 0.1) is 12.2 Å². The maximum atomic E-state index is 5.81. The number of hydrogen-bond donors (Lipinski definition) is 1. The van der Waals surface area contributed by atoms with Crippen molar-refractivity contribution in [2.45, 2.75) is 26.3 Å². The molecular weight excluding hydrogens is 226 g/mol. The number of furan rings is 1. The Hall–Kier alpha value is -1.74. The van der Waals surface area contributed by atoms with Crippen LogP contribution in [-0.4, -0.2) is 12.6 Å². The van der Waals surface area contributed by atoms with E-state index in [0.717, 1.165) is 29.3 Å². The van der Waals surface area contributed by atoms with Crippen LogP contribution < -0.4 is 10.5 Å². The van der Waals surface area contributed by atoms with E-state index in [1.54, 1.807) is 0 Å². The second-order valence-electron chi connectivity index (χ2n) is 4.38. The third-order valence-electron chi connectivity index (χ3n) is 2.64. The molecule has 3 nitrogen and oxygen atoms in total. The topological polar surface area (TPSA) is 48.4 Å². The SMILES string of the molecule is CCOc1ccccc1-c1ccc(CC(C)N)o1. The lowest BCUT2D eigenvalue weighted by molar-refractivity contribution is 0.340. The number of para-hydroxylation sites is 1. The van der Waals surface area contributed by atoms with E-state index in [1.165, 1.54) is 0 Å². The molecule has 0 saturated carbocycles. The Morgan fingerprint density at radius 1 is 1.22 bits per heavy atom. The standard InChI is InChI=1S/C15H19NO2/c1-3-17-14-7-5-4-6-13(14)15-9-8-12(18-15)10-11(2)16/h4-9,11H,3,10,16H2,1-2H3. The molecule has 2 rings (SSSR count). The molecule has 1 heterocycles. The molecule has 0 amide bonds. The van der Waals surface area contributed by atoms with Gasteiger partial charge in [-0.05, 0) is 38.1 Å². The van der Waals surface area contributed by atoms with Crippen molar-refractivity contribution in [3.63, 3.8) is 0 Å². The van der Waals surface area contributed by atoms with E-state index in [0.29, 0.717) is 6.61 Å². The van der Waals surface area contributed by atoms with Crippen molar-refractivity contribution in [3.8, 4) is 17.1 Å². The highest BCUT2D eigenvalue weighted by molar-refractivity contribution is 5.65. The first kappa shape index (κ1) is 12.7. The fourth-order valence-electron chi connectivity index (χ4n) is 1.90. The monoisotopic (exact) mass is 245 g/mol. The van der Waals surface area contributed by atoms with Gasteiger partial charge in [-0.1, -0.05) is 12.1 Å². The van der Waals surface area contributed by atoms with E-state index < -0.39 is 0 Å². The molecule has 0 aliphatic heterocycles. The van der Waals surface area contributed by atoms with Gasteiger partial charge in [-0.25, -0.2) is 0 Å². The van der Waals surface area contributed by atoms with Crippen LogP contribution >= 0.6 is 0 Å². The zero-order chi connectivity index (χ0) is 13.0. The minimum atomic E-state index is 0.103. The van der Waals surface area contributed by atoms with Crippen molar-refractivity contribution in [1.29, 1.82) is 0 Å². The Morgan fingerprint density at radius 3 is 2.72 bits per heavy atom. The molecule has 0 radical (unpaired) electrons. The van der Waals surface area contributed by atoms with Crippen LogP contribution in [0.1, 0.15) is 19.6 Å². The first-order chi connectivity index (χ1) is 8.70. The van der Waals surface area contributed by atoms with Gasteiger partial charge in [-0.3, -0.25) is 0 Å². The van der Waals surface area contributed by atoms with Crippen molar-refractivity contribution in [3.05, 3.63) is 42.2 Å². The van der Waals surface area contributed by atoms with Crippen molar-refractivity contribution in [1.82, 2.24) is 0 Å². The molecular formula is C15H19NO2. The molecule has 0 aliphatic carbocycles. The van der Waals surface area contributed by atoms with E-state index in [1.807, 2.05) is 50.2 Å². The molecule has 0 saturated heterocycles. The summed E-state index contributed by atoms with van der Waals surface area (Å²) in [7, 11) is 0. The Balaban J connectivity index is 2.28. The van der Waals surface area contributed by atoms with E-state index in [2.05, 4.69) is 0 Å². The Kier molecular flexibility index (Phi) is 4.05. The molecule has 0 bridgehead atoms. The molecule has 1 aromatic carbocycles. The Labute approximate surface area is 108 Å². The average Bonchev–Trinajstić information content (AvgIpc) is 2.77. The summed E-state index contributed by atoms with van der Waals surface area (Å²) in [5, 5.41) is 0. The second kappa shape index (κ2) is 5.74. The summed E-state index contributed by atoms with van der Waals surface area (Å²) in [6, 6.07) is 11.9. The minimum absolute atomic E-state index is 0.103. The first-order valence-corrected chi connectivity index (χ1v) is 6.27. The molecule has 18 heavy (non-hydrogen) atoms. The van der Waals surface area contributed by atoms with Crippen molar-refractivity contribution in [2.24, 2.45) is 5.73 Å². The number of benzene rings is 1. The molecule has 0 fully saturated rings. The molecule has 1 unspecified atom stereocenters. The van der Waals surface area contributed by atoms with Gasteiger partial charge in [0.1, 0.15) is 17.3 Å². The van der Waals surface area contributed by atoms with Crippen molar-refractivity contribution < 1.29 is 9.15 Å². The summed E-state index contributed by atoms with van der Waals surface area (Å²) in [6.45, 7) is 4.58. The van der Waals surface area contributed by atoms with Crippen LogP contribution in [0.2, 0.25) is 0 Å². The summed E-state index contributed by atoms with van der Waals surface area (Å²) < 4.78 is 11.4. The van der Waals surface area contributed by atoms with E-state index in [4.69, 9.17) is 14.9 Å². The Morgan fingerprint density at radius 2 is 2.00 bits per heavy atom. The van der Waals surface area contributed by atoms with Crippen LogP contribution in [0.15, 0.2) is 40.8 Å². The summed E-state index contributed by atoms with van der Waals surface area (Å²) >= 11 is 0. The molecule has 0 spiro atoms. The van der Waals surface area contributed by atoms with Crippen LogP contribution in [0, 0.1) is 0 Å². The summed E-state index contributed by atoms with van der Waals surface area (Å²) in [6.07, 6.45) is 0.747. The average molecular weight is 245 g/mol. The first-order valence-electron chi connectivity index (χ1n) is 6.27. The summed E-state index contributed by atoms with van der Waals surface area (Å²) in [5.41, 5.74) is 6.75. The lowest BCUT2D eigenvalue weighted by Crippen LogP contribution is -2.17. The largest absolute Gasteiger partial charge is 0.493 e. The highest BCUT2D eigenvalue weighted by Crippen LogP contribution is 2.31. The van der Waals surface area contributed by atoms with Gasteiger partial charge in [0.15, 0.2) is 0 Å². The van der Waals surface area contributed by atoms with Gasteiger partial charge in [-0.15, -0.1) is 0 Å². The highest BCUT2D eigenvalue weighted by Gasteiger charge is 2.10.